The van der Waals surface area contributed by atoms with E-state index in [2.05, 4.69) is 11.9 Å². The summed E-state index contributed by atoms with van der Waals surface area (Å²) in [4.78, 5) is 11.7. The molecular formula is C16H19ClN2O3. The Bertz CT molecular complexity index is 604. The van der Waals surface area contributed by atoms with Crippen LogP contribution in [0.25, 0.3) is 5.57 Å². The van der Waals surface area contributed by atoms with Gasteiger partial charge in [0.15, 0.2) is 0 Å². The molecule has 0 bridgehead atoms. The number of aliphatic hydroxyl groups is 2. The van der Waals surface area contributed by atoms with Gasteiger partial charge in [-0.25, -0.2) is 0 Å². The smallest absolute Gasteiger partial charge is 0.271 e. The number of amides is 1. The molecule has 0 aliphatic carbocycles. The van der Waals surface area contributed by atoms with Crippen LogP contribution in [-0.4, -0.2) is 28.8 Å². The highest BCUT2D eigenvalue weighted by Crippen LogP contribution is 2.20. The number of aliphatic hydroxyl groups excluding tert-OH is 2. The predicted octanol–water partition coefficient (Wildman–Crippen LogP) is 2.13. The minimum atomic E-state index is -0.702. The van der Waals surface area contributed by atoms with Crippen molar-refractivity contribution >= 4 is 23.1 Å². The molecule has 0 saturated heterocycles. The molecular weight excluding hydrogens is 304 g/mol. The third-order valence-corrected chi connectivity index (χ3v) is 3.02. The maximum atomic E-state index is 11.7. The molecule has 0 spiro atoms. The summed E-state index contributed by atoms with van der Waals surface area (Å²) in [7, 11) is 0. The number of rotatable bonds is 6. The molecule has 118 valence electrons. The lowest BCUT2D eigenvalue weighted by atomic mass is 10.0. The molecule has 5 nitrogen and oxygen atoms in total. The molecule has 0 saturated carbocycles. The fourth-order valence-electron chi connectivity index (χ4n) is 1.58. The van der Waals surface area contributed by atoms with Crippen molar-refractivity contribution in [1.82, 2.24) is 5.32 Å². The largest absolute Gasteiger partial charge is 0.506 e. The average molecular weight is 323 g/mol. The first-order valence-corrected chi connectivity index (χ1v) is 6.98. The van der Waals surface area contributed by atoms with Gasteiger partial charge in [0.1, 0.15) is 11.5 Å². The normalized spacial score (nSPS) is 14.0. The highest BCUT2D eigenvalue weighted by Gasteiger charge is 2.11. The van der Waals surface area contributed by atoms with Crippen LogP contribution in [0.15, 0.2) is 54.5 Å². The minimum absolute atomic E-state index is 0.0437. The zero-order chi connectivity index (χ0) is 16.7. The molecule has 0 aromatic heterocycles. The first-order chi connectivity index (χ1) is 10.3. The van der Waals surface area contributed by atoms with Crippen molar-refractivity contribution < 1.29 is 15.0 Å². The molecule has 0 fully saturated rings. The molecule has 1 aromatic rings. The Morgan fingerprint density at radius 1 is 1.45 bits per heavy atom. The summed E-state index contributed by atoms with van der Waals surface area (Å²) < 4.78 is 0. The lowest BCUT2D eigenvalue weighted by Gasteiger charge is -2.08. The SMILES string of the molecule is C=C/C(=C\C(O)=C(/N)C(=O)NCC(C)O)c1ccc(Cl)cc1. The van der Waals surface area contributed by atoms with Gasteiger partial charge in [0.05, 0.1) is 6.10 Å². The molecule has 1 atom stereocenters. The zero-order valence-electron chi connectivity index (χ0n) is 12.2. The summed E-state index contributed by atoms with van der Waals surface area (Å²) in [5, 5.41) is 22.0. The van der Waals surface area contributed by atoms with Crippen molar-refractivity contribution in [2.45, 2.75) is 13.0 Å². The Morgan fingerprint density at radius 3 is 2.55 bits per heavy atom. The number of halogens is 1. The van der Waals surface area contributed by atoms with Gasteiger partial charge >= 0.3 is 0 Å². The summed E-state index contributed by atoms with van der Waals surface area (Å²) in [6, 6.07) is 6.92. The van der Waals surface area contributed by atoms with Gasteiger partial charge < -0.3 is 21.3 Å². The van der Waals surface area contributed by atoms with E-state index < -0.39 is 12.0 Å². The second-order valence-electron chi connectivity index (χ2n) is 4.67. The van der Waals surface area contributed by atoms with E-state index in [1.165, 1.54) is 19.1 Å². The van der Waals surface area contributed by atoms with Crippen LogP contribution in [0.3, 0.4) is 0 Å². The molecule has 1 rings (SSSR count). The second-order valence-corrected chi connectivity index (χ2v) is 5.11. The zero-order valence-corrected chi connectivity index (χ0v) is 13.0. The van der Waals surface area contributed by atoms with E-state index in [0.29, 0.717) is 10.6 Å². The second kappa shape index (κ2) is 8.26. The lowest BCUT2D eigenvalue weighted by molar-refractivity contribution is -0.118. The Hall–Kier alpha value is -2.24. The van der Waals surface area contributed by atoms with Crippen LogP contribution in [0.4, 0.5) is 0 Å². The molecule has 1 unspecified atom stereocenters. The number of nitrogens with one attached hydrogen (secondary N) is 1. The first kappa shape index (κ1) is 17.8. The van der Waals surface area contributed by atoms with Gasteiger partial charge in [-0.15, -0.1) is 0 Å². The Morgan fingerprint density at radius 2 is 2.05 bits per heavy atom. The fraction of sp³-hybridized carbons (Fsp3) is 0.188. The molecule has 22 heavy (non-hydrogen) atoms. The fourth-order valence-corrected chi connectivity index (χ4v) is 1.71. The molecule has 6 heteroatoms. The predicted molar refractivity (Wildman–Crippen MR) is 88.2 cm³/mol. The quantitative estimate of drug-likeness (QED) is 0.366. The Labute approximate surface area is 134 Å². The van der Waals surface area contributed by atoms with Gasteiger partial charge in [-0.3, -0.25) is 4.79 Å². The minimum Gasteiger partial charge on any atom is -0.506 e. The topological polar surface area (TPSA) is 95.6 Å². The van der Waals surface area contributed by atoms with Crippen molar-refractivity contribution in [2.75, 3.05) is 6.54 Å². The monoisotopic (exact) mass is 322 g/mol. The van der Waals surface area contributed by atoms with Crippen molar-refractivity contribution in [3.05, 3.63) is 65.0 Å². The highest BCUT2D eigenvalue weighted by molar-refractivity contribution is 6.30. The summed E-state index contributed by atoms with van der Waals surface area (Å²) in [6.45, 7) is 5.23. The molecule has 5 N–H and O–H groups in total. The number of hydrogen-bond donors (Lipinski definition) is 4. The van der Waals surface area contributed by atoms with Gasteiger partial charge in [0.2, 0.25) is 0 Å². The van der Waals surface area contributed by atoms with Gasteiger partial charge in [0, 0.05) is 11.6 Å². The van der Waals surface area contributed by atoms with Crippen LogP contribution < -0.4 is 11.1 Å². The van der Waals surface area contributed by atoms with Crippen LogP contribution in [0.5, 0.6) is 0 Å². The van der Waals surface area contributed by atoms with Gasteiger partial charge in [0.25, 0.3) is 5.91 Å². The average Bonchev–Trinajstić information content (AvgIpc) is 2.50. The number of nitrogens with two attached hydrogens (primary N) is 1. The third-order valence-electron chi connectivity index (χ3n) is 2.77. The lowest BCUT2D eigenvalue weighted by Crippen LogP contribution is -2.34. The third kappa shape index (κ3) is 5.27. The number of allylic oxidation sites excluding steroid dienone is 3. The van der Waals surface area contributed by atoms with E-state index >= 15 is 0 Å². The summed E-state index contributed by atoms with van der Waals surface area (Å²) >= 11 is 5.82. The number of carbonyl (C=O) groups is 1. The van der Waals surface area contributed by atoms with Crippen molar-refractivity contribution in [1.29, 1.82) is 0 Å². The van der Waals surface area contributed by atoms with E-state index in [1.54, 1.807) is 24.3 Å². The van der Waals surface area contributed by atoms with E-state index in [0.717, 1.165) is 5.56 Å². The molecule has 0 radical (unpaired) electrons. The molecule has 0 aliphatic rings. The van der Waals surface area contributed by atoms with Crippen LogP contribution >= 0.6 is 11.6 Å². The highest BCUT2D eigenvalue weighted by atomic mass is 35.5. The summed E-state index contributed by atoms with van der Waals surface area (Å²) in [5.41, 5.74) is 6.60. The van der Waals surface area contributed by atoms with Crippen LogP contribution in [0, 0.1) is 0 Å². The Balaban J connectivity index is 2.99. The molecule has 1 amide bonds. The van der Waals surface area contributed by atoms with Gasteiger partial charge in [-0.1, -0.05) is 36.4 Å². The van der Waals surface area contributed by atoms with Gasteiger partial charge in [-0.2, -0.15) is 0 Å². The molecule has 0 heterocycles. The van der Waals surface area contributed by atoms with Crippen LogP contribution in [0.2, 0.25) is 5.02 Å². The van der Waals surface area contributed by atoms with E-state index in [1.807, 2.05) is 0 Å². The Kier molecular flexibility index (Phi) is 6.69. The first-order valence-electron chi connectivity index (χ1n) is 6.60. The molecule has 1 aromatic carbocycles. The van der Waals surface area contributed by atoms with E-state index in [4.69, 9.17) is 22.4 Å². The van der Waals surface area contributed by atoms with Crippen molar-refractivity contribution in [2.24, 2.45) is 5.73 Å². The molecule has 0 aliphatic heterocycles. The summed E-state index contributed by atoms with van der Waals surface area (Å²) in [5.74, 6) is -1.04. The number of benzene rings is 1. The van der Waals surface area contributed by atoms with Crippen molar-refractivity contribution in [3.8, 4) is 0 Å². The van der Waals surface area contributed by atoms with E-state index in [-0.39, 0.29) is 18.0 Å². The van der Waals surface area contributed by atoms with E-state index in [9.17, 15) is 9.90 Å². The maximum Gasteiger partial charge on any atom is 0.271 e. The number of carbonyl (C=O) groups excluding carboxylic acids is 1. The number of hydrogen-bond acceptors (Lipinski definition) is 4. The summed E-state index contributed by atoms with van der Waals surface area (Å²) in [6.07, 6.45) is 2.17. The standard InChI is InChI=1S/C16H19ClN2O3/c1-3-11(12-4-6-13(17)7-5-12)8-14(21)15(18)16(22)19-9-10(2)20/h3-8,10,20-21H,1,9,18H2,2H3,(H,19,22)/b11-8+,15-14+. The van der Waals surface area contributed by atoms with Gasteiger partial charge in [-0.05, 0) is 36.3 Å². The van der Waals surface area contributed by atoms with Crippen LogP contribution in [0.1, 0.15) is 12.5 Å². The maximum absolute atomic E-state index is 11.7. The van der Waals surface area contributed by atoms with Crippen molar-refractivity contribution in [3.63, 3.8) is 0 Å². The van der Waals surface area contributed by atoms with Crippen LogP contribution in [-0.2, 0) is 4.79 Å².